The lowest BCUT2D eigenvalue weighted by Crippen LogP contribution is -3.14. The van der Waals surface area contributed by atoms with Crippen LogP contribution in [-0.4, -0.2) is 62.1 Å². The number of carbonyl (C=O) groups is 2. The van der Waals surface area contributed by atoms with E-state index in [9.17, 15) is 19.1 Å². The molecule has 0 aromatic heterocycles. The molecular weight excluding hydrogens is 487 g/mol. The van der Waals surface area contributed by atoms with Crippen molar-refractivity contribution >= 4 is 29.1 Å². The van der Waals surface area contributed by atoms with Crippen LogP contribution in [0.15, 0.2) is 48.0 Å². The van der Waals surface area contributed by atoms with E-state index in [1.807, 2.05) is 0 Å². The number of Topliss-reactive ketones (excluding diaryl/α,β-unsaturated/α-hetero) is 1. The number of nitrogens with zero attached hydrogens (tertiary/aromatic N) is 1. The number of quaternary nitrogens is 1. The standard InChI is InChI=1S/C27H30ClFN2O5/c1-17(2)36-22-9-6-19(16-21(22)29)25(32)23-24(18-4-7-20(28)8-5-18)31(27(34)26(23)33)11-3-10-30-12-14-35-15-13-30/h4-9,16-17,24,32H,3,10-15H2,1-2H3. The molecule has 0 spiro atoms. The van der Waals surface area contributed by atoms with Crippen LogP contribution in [-0.2, 0) is 14.3 Å². The van der Waals surface area contributed by atoms with Crippen LogP contribution in [0.3, 0.4) is 0 Å². The van der Waals surface area contributed by atoms with Crippen LogP contribution in [0.4, 0.5) is 4.39 Å². The SMILES string of the molecule is CC(C)Oc1ccc(C([O-])=C2C(=O)C(=O)N(CCC[NH+]3CCOCC3)C2c2ccc(Cl)cc2)cc1F. The average molecular weight is 517 g/mol. The van der Waals surface area contributed by atoms with Crippen LogP contribution in [0.1, 0.15) is 37.4 Å². The third kappa shape index (κ3) is 5.72. The van der Waals surface area contributed by atoms with E-state index in [1.54, 1.807) is 38.1 Å². The molecule has 1 N–H and O–H groups in total. The van der Waals surface area contributed by atoms with Crippen molar-refractivity contribution in [2.45, 2.75) is 32.4 Å². The Morgan fingerprint density at radius 2 is 1.89 bits per heavy atom. The minimum atomic E-state index is -0.871. The molecule has 1 amide bonds. The molecule has 2 aromatic rings. The Labute approximate surface area is 215 Å². The smallest absolute Gasteiger partial charge is 0.295 e. The average Bonchev–Trinajstić information content (AvgIpc) is 3.11. The van der Waals surface area contributed by atoms with Crippen molar-refractivity contribution in [3.63, 3.8) is 0 Å². The molecule has 2 aliphatic heterocycles. The quantitative estimate of drug-likeness (QED) is 0.329. The highest BCUT2D eigenvalue weighted by Crippen LogP contribution is 2.39. The zero-order chi connectivity index (χ0) is 25.8. The number of ketones is 1. The van der Waals surface area contributed by atoms with E-state index >= 15 is 0 Å². The van der Waals surface area contributed by atoms with Crippen molar-refractivity contribution in [1.82, 2.24) is 4.90 Å². The molecule has 0 radical (unpaired) electrons. The highest BCUT2D eigenvalue weighted by atomic mass is 35.5. The molecule has 2 saturated heterocycles. The van der Waals surface area contributed by atoms with Gasteiger partial charge in [-0.15, -0.1) is 0 Å². The van der Waals surface area contributed by atoms with Crippen molar-refractivity contribution in [1.29, 1.82) is 0 Å². The molecule has 0 saturated carbocycles. The fourth-order valence-corrected chi connectivity index (χ4v) is 4.78. The van der Waals surface area contributed by atoms with E-state index in [2.05, 4.69) is 0 Å². The first-order valence-electron chi connectivity index (χ1n) is 12.2. The molecule has 1 atom stereocenters. The Hall–Kier alpha value is -2.94. The highest BCUT2D eigenvalue weighted by Gasteiger charge is 2.44. The van der Waals surface area contributed by atoms with Crippen molar-refractivity contribution in [2.75, 3.05) is 39.4 Å². The summed E-state index contributed by atoms with van der Waals surface area (Å²) >= 11 is 6.06. The lowest BCUT2D eigenvalue weighted by atomic mass is 9.95. The second kappa shape index (κ2) is 11.4. The van der Waals surface area contributed by atoms with E-state index in [4.69, 9.17) is 21.1 Å². The first-order chi connectivity index (χ1) is 17.3. The molecule has 9 heteroatoms. The van der Waals surface area contributed by atoms with Crippen LogP contribution in [0, 0.1) is 5.82 Å². The summed E-state index contributed by atoms with van der Waals surface area (Å²) in [6.45, 7) is 7.86. The molecule has 0 bridgehead atoms. The van der Waals surface area contributed by atoms with Gasteiger partial charge in [-0.25, -0.2) is 4.39 Å². The van der Waals surface area contributed by atoms with Crippen molar-refractivity contribution in [3.8, 4) is 5.75 Å². The Bertz CT molecular complexity index is 1150. The summed E-state index contributed by atoms with van der Waals surface area (Å²) in [5, 5.41) is 14.0. The van der Waals surface area contributed by atoms with Gasteiger partial charge in [0, 0.05) is 23.6 Å². The predicted molar refractivity (Wildman–Crippen MR) is 131 cm³/mol. The highest BCUT2D eigenvalue weighted by molar-refractivity contribution is 6.46. The molecule has 2 aromatic carbocycles. The fraction of sp³-hybridized carbons (Fsp3) is 0.407. The molecule has 36 heavy (non-hydrogen) atoms. The molecule has 2 aliphatic rings. The number of nitrogens with one attached hydrogen (secondary N) is 1. The van der Waals surface area contributed by atoms with E-state index in [0.717, 1.165) is 25.7 Å². The summed E-state index contributed by atoms with van der Waals surface area (Å²) in [4.78, 5) is 29.0. The first kappa shape index (κ1) is 26.1. The van der Waals surface area contributed by atoms with Gasteiger partial charge in [0.2, 0.25) is 5.78 Å². The Balaban J connectivity index is 1.67. The third-order valence-corrected chi connectivity index (χ3v) is 6.65. The second-order valence-electron chi connectivity index (χ2n) is 9.30. The summed E-state index contributed by atoms with van der Waals surface area (Å²) < 4.78 is 25.4. The van der Waals surface area contributed by atoms with Gasteiger partial charge in [0.25, 0.3) is 5.91 Å². The van der Waals surface area contributed by atoms with Crippen molar-refractivity contribution < 1.29 is 33.5 Å². The Morgan fingerprint density at radius 1 is 1.19 bits per heavy atom. The molecule has 1 unspecified atom stereocenters. The molecule has 192 valence electrons. The van der Waals surface area contributed by atoms with Gasteiger partial charge < -0.3 is 24.4 Å². The summed E-state index contributed by atoms with van der Waals surface area (Å²) in [7, 11) is 0. The Kier molecular flexibility index (Phi) is 8.28. The van der Waals surface area contributed by atoms with Gasteiger partial charge in [-0.1, -0.05) is 35.6 Å². The van der Waals surface area contributed by atoms with Gasteiger partial charge in [-0.05, 0) is 49.2 Å². The van der Waals surface area contributed by atoms with Gasteiger partial charge in [0.05, 0.1) is 31.9 Å². The minimum Gasteiger partial charge on any atom is -0.872 e. The summed E-state index contributed by atoms with van der Waals surface area (Å²) in [6.07, 6.45) is 0.419. The van der Waals surface area contributed by atoms with Crippen LogP contribution < -0.4 is 14.7 Å². The number of rotatable bonds is 8. The Morgan fingerprint density at radius 3 is 2.53 bits per heavy atom. The number of carbonyl (C=O) groups excluding carboxylic acids is 2. The van der Waals surface area contributed by atoms with Crippen LogP contribution in [0.2, 0.25) is 5.02 Å². The number of morpholine rings is 1. The van der Waals surface area contributed by atoms with Gasteiger partial charge >= 0.3 is 0 Å². The van der Waals surface area contributed by atoms with E-state index < -0.39 is 29.3 Å². The number of hydrogen-bond donors (Lipinski definition) is 1. The fourth-order valence-electron chi connectivity index (χ4n) is 4.65. The lowest BCUT2D eigenvalue weighted by molar-refractivity contribution is -0.908. The molecule has 2 fully saturated rings. The first-order valence-corrected chi connectivity index (χ1v) is 12.5. The number of amides is 1. The van der Waals surface area contributed by atoms with E-state index in [0.29, 0.717) is 36.8 Å². The number of benzene rings is 2. The third-order valence-electron chi connectivity index (χ3n) is 6.40. The van der Waals surface area contributed by atoms with Gasteiger partial charge in [0.15, 0.2) is 11.6 Å². The zero-order valence-electron chi connectivity index (χ0n) is 20.4. The monoisotopic (exact) mass is 516 g/mol. The summed E-state index contributed by atoms with van der Waals surface area (Å²) in [5.41, 5.74) is 0.400. The number of hydrogen-bond acceptors (Lipinski definition) is 5. The molecule has 0 aliphatic carbocycles. The predicted octanol–water partition coefficient (Wildman–Crippen LogP) is 1.80. The van der Waals surface area contributed by atoms with Gasteiger partial charge in [-0.3, -0.25) is 9.59 Å². The molecule has 2 heterocycles. The minimum absolute atomic E-state index is 0.0154. The number of likely N-dealkylation sites (tertiary alicyclic amines) is 1. The number of halogens is 2. The molecule has 4 rings (SSSR count). The van der Waals surface area contributed by atoms with Crippen molar-refractivity contribution in [3.05, 3.63) is 70.0 Å². The topological polar surface area (TPSA) is 83.3 Å². The van der Waals surface area contributed by atoms with Gasteiger partial charge in [0.1, 0.15) is 13.1 Å². The maximum Gasteiger partial charge on any atom is 0.295 e. The van der Waals surface area contributed by atoms with Gasteiger partial charge in [-0.2, -0.15) is 0 Å². The lowest BCUT2D eigenvalue weighted by Gasteiger charge is -2.29. The largest absolute Gasteiger partial charge is 0.872 e. The second-order valence-corrected chi connectivity index (χ2v) is 9.74. The van der Waals surface area contributed by atoms with Crippen molar-refractivity contribution in [2.24, 2.45) is 0 Å². The normalized spacial score (nSPS) is 20.4. The molecular formula is C27H30ClFN2O5. The zero-order valence-corrected chi connectivity index (χ0v) is 21.1. The summed E-state index contributed by atoms with van der Waals surface area (Å²) in [5.74, 6) is -2.95. The maximum atomic E-state index is 14.6. The maximum absolute atomic E-state index is 14.6. The van der Waals surface area contributed by atoms with Crippen LogP contribution in [0.25, 0.3) is 5.76 Å². The number of ether oxygens (including phenoxy) is 2. The summed E-state index contributed by atoms with van der Waals surface area (Å²) in [6, 6.07) is 9.67. The van der Waals surface area contributed by atoms with E-state index in [1.165, 1.54) is 21.9 Å². The molecule has 7 nitrogen and oxygen atoms in total. The van der Waals surface area contributed by atoms with Crippen LogP contribution >= 0.6 is 11.6 Å². The van der Waals surface area contributed by atoms with Crippen LogP contribution in [0.5, 0.6) is 5.75 Å². The van der Waals surface area contributed by atoms with E-state index in [-0.39, 0.29) is 23.0 Å².